The van der Waals surface area contributed by atoms with Gasteiger partial charge in [-0.2, -0.15) is 0 Å². The molecule has 4 aromatic rings. The Kier molecular flexibility index (Phi) is 9.94. The van der Waals surface area contributed by atoms with Gasteiger partial charge in [-0.25, -0.2) is 0 Å². The number of nitrogens with zero attached hydrogens (tertiary/aromatic N) is 1. The Morgan fingerprint density at radius 2 is 1.12 bits per heavy atom. The fourth-order valence-corrected chi connectivity index (χ4v) is 5.61. The molecule has 1 N–H and O–H groups in total. The van der Waals surface area contributed by atoms with Gasteiger partial charge in [-0.3, -0.25) is 19.3 Å². The zero-order chi connectivity index (χ0) is 29.1. The fraction of sp³-hybridized carbons (Fsp3) is 0.270. The minimum atomic E-state index is -0.181. The van der Waals surface area contributed by atoms with Crippen molar-refractivity contribution in [2.75, 3.05) is 6.54 Å². The van der Waals surface area contributed by atoms with E-state index in [2.05, 4.69) is 53.8 Å². The number of amides is 3. The van der Waals surface area contributed by atoms with E-state index in [1.54, 1.807) is 24.3 Å². The molecule has 1 atom stereocenters. The second kappa shape index (κ2) is 14.4. The molecule has 42 heavy (non-hydrogen) atoms. The molecule has 0 saturated carbocycles. The molecule has 1 aliphatic heterocycles. The van der Waals surface area contributed by atoms with E-state index in [9.17, 15) is 14.4 Å². The van der Waals surface area contributed by atoms with Crippen LogP contribution in [-0.2, 0) is 11.2 Å². The standard InChI is InChI=1S/C37H38N2O3/c40-35(21-11-3-1-2-4-14-26-39-36(41)32-19-12-13-20-33(32)37(39)42)38-34(27-28-15-7-5-8-16-28)31-24-22-30(23-25-31)29-17-9-6-10-18-29/h5-10,12-13,15-20,22-25,34H,1-4,11,14,21,26-27H2,(H,38,40)/t34-/m1/s1. The van der Waals surface area contributed by atoms with E-state index in [0.717, 1.165) is 56.1 Å². The van der Waals surface area contributed by atoms with Gasteiger partial charge in [-0.1, -0.05) is 123 Å². The molecule has 1 aliphatic rings. The molecule has 0 radical (unpaired) electrons. The minimum absolute atomic E-state index is 0.0775. The lowest BCUT2D eigenvalue weighted by atomic mass is 9.96. The Bertz CT molecular complexity index is 1450. The number of fused-ring (bicyclic) bond motifs is 1. The van der Waals surface area contributed by atoms with E-state index in [0.29, 0.717) is 24.1 Å². The number of imide groups is 1. The first-order valence-electron chi connectivity index (χ1n) is 15.0. The summed E-state index contributed by atoms with van der Waals surface area (Å²) in [6.07, 6.45) is 6.88. The number of carbonyl (C=O) groups excluding carboxylic acids is 3. The molecule has 0 unspecified atom stereocenters. The first-order chi connectivity index (χ1) is 20.6. The molecule has 0 spiro atoms. The summed E-state index contributed by atoms with van der Waals surface area (Å²) in [5.41, 5.74) is 5.65. The molecule has 0 aliphatic carbocycles. The maximum Gasteiger partial charge on any atom is 0.261 e. The van der Waals surface area contributed by atoms with Crippen LogP contribution in [0.15, 0.2) is 109 Å². The summed E-state index contributed by atoms with van der Waals surface area (Å²) in [6.45, 7) is 0.462. The normalized spacial score (nSPS) is 13.2. The Hall–Kier alpha value is -4.51. The number of hydrogen-bond acceptors (Lipinski definition) is 3. The van der Waals surface area contributed by atoms with Gasteiger partial charge in [0, 0.05) is 13.0 Å². The quantitative estimate of drug-likeness (QED) is 0.127. The highest BCUT2D eigenvalue weighted by molar-refractivity contribution is 6.21. The van der Waals surface area contributed by atoms with Gasteiger partial charge in [0.1, 0.15) is 0 Å². The summed E-state index contributed by atoms with van der Waals surface area (Å²) in [5, 5.41) is 3.29. The Morgan fingerprint density at radius 3 is 1.76 bits per heavy atom. The van der Waals surface area contributed by atoms with Crippen molar-refractivity contribution in [3.8, 4) is 11.1 Å². The van der Waals surface area contributed by atoms with Gasteiger partial charge in [-0.15, -0.1) is 0 Å². The number of benzene rings is 4. The van der Waals surface area contributed by atoms with E-state index in [-0.39, 0.29) is 23.8 Å². The van der Waals surface area contributed by atoms with E-state index in [1.165, 1.54) is 16.0 Å². The van der Waals surface area contributed by atoms with Crippen molar-refractivity contribution in [1.29, 1.82) is 0 Å². The van der Waals surface area contributed by atoms with Gasteiger partial charge in [0.15, 0.2) is 0 Å². The van der Waals surface area contributed by atoms with Crippen LogP contribution in [0.2, 0.25) is 0 Å². The summed E-state index contributed by atoms with van der Waals surface area (Å²) < 4.78 is 0. The van der Waals surface area contributed by atoms with Crippen LogP contribution in [0, 0.1) is 0 Å². The molecule has 0 bridgehead atoms. The topological polar surface area (TPSA) is 66.5 Å². The highest BCUT2D eigenvalue weighted by atomic mass is 16.2. The Morgan fingerprint density at radius 1 is 0.595 bits per heavy atom. The predicted molar refractivity (Wildman–Crippen MR) is 167 cm³/mol. The van der Waals surface area contributed by atoms with Crippen molar-refractivity contribution in [2.45, 2.75) is 57.4 Å². The summed E-state index contributed by atoms with van der Waals surface area (Å²) in [5.74, 6) is -0.285. The second-order valence-corrected chi connectivity index (χ2v) is 11.0. The van der Waals surface area contributed by atoms with Gasteiger partial charge >= 0.3 is 0 Å². The van der Waals surface area contributed by atoms with Crippen LogP contribution in [0.3, 0.4) is 0 Å². The monoisotopic (exact) mass is 558 g/mol. The van der Waals surface area contributed by atoms with Gasteiger partial charge in [0.05, 0.1) is 17.2 Å². The van der Waals surface area contributed by atoms with Crippen molar-refractivity contribution in [3.63, 3.8) is 0 Å². The third-order valence-electron chi connectivity index (χ3n) is 7.95. The van der Waals surface area contributed by atoms with Crippen molar-refractivity contribution in [3.05, 3.63) is 131 Å². The van der Waals surface area contributed by atoms with Crippen LogP contribution in [-0.4, -0.2) is 29.2 Å². The highest BCUT2D eigenvalue weighted by Gasteiger charge is 2.34. The largest absolute Gasteiger partial charge is 0.349 e. The van der Waals surface area contributed by atoms with Crippen molar-refractivity contribution >= 4 is 17.7 Å². The van der Waals surface area contributed by atoms with Gasteiger partial charge in [-0.05, 0) is 53.6 Å². The number of nitrogens with one attached hydrogen (secondary N) is 1. The van der Waals surface area contributed by atoms with Crippen LogP contribution in [0.25, 0.3) is 11.1 Å². The van der Waals surface area contributed by atoms with E-state index in [4.69, 9.17) is 0 Å². The highest BCUT2D eigenvalue weighted by Crippen LogP contribution is 2.25. The molecule has 5 rings (SSSR count). The number of unbranched alkanes of at least 4 members (excludes halogenated alkanes) is 5. The summed E-state index contributed by atoms with van der Waals surface area (Å²) >= 11 is 0. The summed E-state index contributed by atoms with van der Waals surface area (Å²) in [7, 11) is 0. The maximum atomic E-state index is 13.0. The molecular weight excluding hydrogens is 520 g/mol. The van der Waals surface area contributed by atoms with Crippen LogP contribution in [0.5, 0.6) is 0 Å². The van der Waals surface area contributed by atoms with Crippen LogP contribution in [0.4, 0.5) is 0 Å². The van der Waals surface area contributed by atoms with E-state index in [1.807, 2.05) is 36.4 Å². The molecule has 1 heterocycles. The second-order valence-electron chi connectivity index (χ2n) is 11.0. The molecule has 0 fully saturated rings. The molecular formula is C37H38N2O3. The lowest BCUT2D eigenvalue weighted by molar-refractivity contribution is -0.122. The SMILES string of the molecule is O=C(CCCCCCCCN1C(=O)c2ccccc2C1=O)N[C@H](Cc1ccccc1)c1ccc(-c2ccccc2)cc1. The molecule has 0 aromatic heterocycles. The lowest BCUT2D eigenvalue weighted by Gasteiger charge is -2.20. The summed E-state index contributed by atoms with van der Waals surface area (Å²) in [6, 6.07) is 36.0. The average Bonchev–Trinajstić information content (AvgIpc) is 3.28. The Balaban J connectivity index is 1.04. The Labute approximate surface area is 248 Å². The van der Waals surface area contributed by atoms with Crippen molar-refractivity contribution in [1.82, 2.24) is 10.2 Å². The van der Waals surface area contributed by atoms with Gasteiger partial charge < -0.3 is 5.32 Å². The minimum Gasteiger partial charge on any atom is -0.349 e. The average molecular weight is 559 g/mol. The van der Waals surface area contributed by atoms with Crippen molar-refractivity contribution in [2.24, 2.45) is 0 Å². The molecule has 214 valence electrons. The van der Waals surface area contributed by atoms with Crippen LogP contribution >= 0.6 is 0 Å². The number of hydrogen-bond donors (Lipinski definition) is 1. The number of rotatable bonds is 14. The van der Waals surface area contributed by atoms with Gasteiger partial charge in [0.2, 0.25) is 5.91 Å². The van der Waals surface area contributed by atoms with E-state index < -0.39 is 0 Å². The molecule has 0 saturated heterocycles. The molecule has 5 nitrogen and oxygen atoms in total. The first kappa shape index (κ1) is 29.0. The zero-order valence-corrected chi connectivity index (χ0v) is 24.0. The lowest BCUT2D eigenvalue weighted by Crippen LogP contribution is -2.30. The molecule has 5 heteroatoms. The fourth-order valence-electron chi connectivity index (χ4n) is 5.61. The van der Waals surface area contributed by atoms with Crippen molar-refractivity contribution < 1.29 is 14.4 Å². The smallest absolute Gasteiger partial charge is 0.261 e. The zero-order valence-electron chi connectivity index (χ0n) is 24.0. The van der Waals surface area contributed by atoms with Crippen LogP contribution < -0.4 is 5.32 Å². The summed E-state index contributed by atoms with van der Waals surface area (Å²) in [4.78, 5) is 39.3. The third-order valence-corrected chi connectivity index (χ3v) is 7.95. The van der Waals surface area contributed by atoms with E-state index >= 15 is 0 Å². The predicted octanol–water partition coefficient (Wildman–Crippen LogP) is 7.78. The van der Waals surface area contributed by atoms with Gasteiger partial charge in [0.25, 0.3) is 11.8 Å². The third kappa shape index (κ3) is 7.41. The molecule has 3 amide bonds. The maximum absolute atomic E-state index is 13.0. The van der Waals surface area contributed by atoms with Crippen LogP contribution in [0.1, 0.15) is 82.8 Å². The molecule has 4 aromatic carbocycles. The number of carbonyl (C=O) groups is 3. The first-order valence-corrected chi connectivity index (χ1v) is 15.0.